The van der Waals surface area contributed by atoms with Crippen LogP contribution < -0.4 is 15.0 Å². The van der Waals surface area contributed by atoms with Crippen LogP contribution in [0.15, 0.2) is 48.5 Å². The van der Waals surface area contributed by atoms with Crippen LogP contribution in [0.2, 0.25) is 0 Å². The number of rotatable bonds is 6. The van der Waals surface area contributed by atoms with Gasteiger partial charge in [-0.1, -0.05) is 38.1 Å². The van der Waals surface area contributed by atoms with Gasteiger partial charge in [-0.05, 0) is 36.8 Å². The van der Waals surface area contributed by atoms with Crippen LogP contribution in [-0.4, -0.2) is 24.2 Å². The molecule has 0 aromatic heterocycles. The largest absolute Gasteiger partial charge is 0.492 e. The van der Waals surface area contributed by atoms with Crippen LogP contribution in [0.4, 0.5) is 11.4 Å². The SMILES string of the molecule is CCOc1ccccc1N1C(=O)CSC1c1cccc(NC(=O)C(C)C)c1. The van der Waals surface area contributed by atoms with Crippen molar-refractivity contribution in [3.8, 4) is 5.75 Å². The fourth-order valence-electron chi connectivity index (χ4n) is 2.92. The Bertz CT molecular complexity index is 838. The van der Waals surface area contributed by atoms with E-state index in [0.717, 1.165) is 16.9 Å². The minimum Gasteiger partial charge on any atom is -0.492 e. The number of hydrogen-bond donors (Lipinski definition) is 1. The molecule has 0 saturated carbocycles. The number of ether oxygens (including phenoxy) is 1. The number of carbonyl (C=O) groups is 2. The third kappa shape index (κ3) is 4.27. The maximum atomic E-state index is 12.6. The topological polar surface area (TPSA) is 58.6 Å². The van der Waals surface area contributed by atoms with Gasteiger partial charge < -0.3 is 10.1 Å². The fraction of sp³-hybridized carbons (Fsp3) is 0.333. The number of hydrogen-bond acceptors (Lipinski definition) is 4. The van der Waals surface area contributed by atoms with Gasteiger partial charge in [-0.15, -0.1) is 11.8 Å². The fourth-order valence-corrected chi connectivity index (χ4v) is 4.08. The molecule has 1 heterocycles. The summed E-state index contributed by atoms with van der Waals surface area (Å²) >= 11 is 1.58. The van der Waals surface area contributed by atoms with E-state index in [2.05, 4.69) is 5.32 Å². The van der Waals surface area contributed by atoms with Gasteiger partial charge in [0.15, 0.2) is 0 Å². The number of carbonyl (C=O) groups excluding carboxylic acids is 2. The molecule has 2 amide bonds. The molecule has 2 aromatic rings. The monoisotopic (exact) mass is 384 g/mol. The van der Waals surface area contributed by atoms with Crippen LogP contribution >= 0.6 is 11.8 Å². The number of thioether (sulfide) groups is 1. The first-order valence-electron chi connectivity index (χ1n) is 9.07. The van der Waals surface area contributed by atoms with Crippen molar-refractivity contribution in [1.29, 1.82) is 0 Å². The van der Waals surface area contributed by atoms with Crippen LogP contribution in [0.3, 0.4) is 0 Å². The van der Waals surface area contributed by atoms with Gasteiger partial charge in [0, 0.05) is 11.6 Å². The van der Waals surface area contributed by atoms with Crippen molar-refractivity contribution in [2.75, 3.05) is 22.6 Å². The maximum absolute atomic E-state index is 12.6. The van der Waals surface area contributed by atoms with Gasteiger partial charge in [0.25, 0.3) is 0 Å². The van der Waals surface area contributed by atoms with E-state index in [9.17, 15) is 9.59 Å². The second-order valence-corrected chi connectivity index (χ2v) is 7.67. The van der Waals surface area contributed by atoms with E-state index in [1.165, 1.54) is 0 Å². The summed E-state index contributed by atoms with van der Waals surface area (Å²) < 4.78 is 5.72. The molecule has 1 N–H and O–H groups in total. The normalized spacial score (nSPS) is 16.7. The van der Waals surface area contributed by atoms with Gasteiger partial charge in [-0.2, -0.15) is 0 Å². The molecule has 1 fully saturated rings. The standard InChI is InChI=1S/C21H24N2O3S/c1-4-26-18-11-6-5-10-17(18)23-19(24)13-27-21(23)15-8-7-9-16(12-15)22-20(25)14(2)3/h5-12,14,21H,4,13H2,1-3H3,(H,22,25). The molecule has 0 bridgehead atoms. The van der Waals surface area contributed by atoms with Crippen LogP contribution in [0.5, 0.6) is 5.75 Å². The molecule has 0 aliphatic carbocycles. The van der Waals surface area contributed by atoms with Gasteiger partial charge in [0.05, 0.1) is 18.0 Å². The van der Waals surface area contributed by atoms with Crippen LogP contribution in [0.1, 0.15) is 31.7 Å². The highest BCUT2D eigenvalue weighted by molar-refractivity contribution is 8.00. The molecule has 0 spiro atoms. The summed E-state index contributed by atoms with van der Waals surface area (Å²) in [6.07, 6.45) is 0. The molecule has 27 heavy (non-hydrogen) atoms. The Morgan fingerprint density at radius 2 is 2.04 bits per heavy atom. The third-order valence-corrected chi connectivity index (χ3v) is 5.47. The Kier molecular flexibility index (Phi) is 6.06. The molecule has 1 saturated heterocycles. The van der Waals surface area contributed by atoms with E-state index in [0.29, 0.717) is 18.1 Å². The summed E-state index contributed by atoms with van der Waals surface area (Å²) in [5, 5.41) is 2.77. The minimum atomic E-state index is -0.157. The first-order chi connectivity index (χ1) is 13.0. The first-order valence-corrected chi connectivity index (χ1v) is 10.1. The van der Waals surface area contributed by atoms with Crippen LogP contribution in [0.25, 0.3) is 0 Å². The summed E-state index contributed by atoms with van der Waals surface area (Å²) in [6.45, 7) is 6.18. The third-order valence-electron chi connectivity index (χ3n) is 4.26. The second-order valence-electron chi connectivity index (χ2n) is 6.60. The highest BCUT2D eigenvalue weighted by Crippen LogP contribution is 2.45. The summed E-state index contributed by atoms with van der Waals surface area (Å²) in [5.74, 6) is 1.04. The van der Waals surface area contributed by atoms with Crippen LogP contribution in [-0.2, 0) is 9.59 Å². The summed E-state index contributed by atoms with van der Waals surface area (Å²) in [4.78, 5) is 26.4. The molecular weight excluding hydrogens is 360 g/mol. The van der Waals surface area contributed by atoms with E-state index in [1.54, 1.807) is 16.7 Å². The van der Waals surface area contributed by atoms with Gasteiger partial charge in [0.1, 0.15) is 11.1 Å². The van der Waals surface area contributed by atoms with E-state index in [-0.39, 0.29) is 23.1 Å². The predicted molar refractivity (Wildman–Crippen MR) is 110 cm³/mol. The molecule has 1 aliphatic heterocycles. The number of nitrogens with one attached hydrogen (secondary N) is 1. The van der Waals surface area contributed by atoms with Crippen LogP contribution in [0, 0.1) is 5.92 Å². The Balaban J connectivity index is 1.92. The molecule has 142 valence electrons. The van der Waals surface area contributed by atoms with E-state index in [4.69, 9.17) is 4.74 Å². The molecule has 1 unspecified atom stereocenters. The Morgan fingerprint density at radius 3 is 2.78 bits per heavy atom. The molecule has 1 atom stereocenters. The second kappa shape index (κ2) is 8.48. The average molecular weight is 385 g/mol. The lowest BCUT2D eigenvalue weighted by Gasteiger charge is -2.26. The molecule has 5 nitrogen and oxygen atoms in total. The van der Waals surface area contributed by atoms with Crippen molar-refractivity contribution in [2.24, 2.45) is 5.92 Å². The predicted octanol–water partition coefficient (Wildman–Crippen LogP) is 4.46. The van der Waals surface area contributed by atoms with Crippen molar-refractivity contribution in [3.05, 3.63) is 54.1 Å². The van der Waals surface area contributed by atoms with Gasteiger partial charge in [-0.3, -0.25) is 14.5 Å². The van der Waals surface area contributed by atoms with E-state index < -0.39 is 0 Å². The number of anilines is 2. The number of amides is 2. The smallest absolute Gasteiger partial charge is 0.238 e. The molecule has 0 radical (unpaired) electrons. The summed E-state index contributed by atoms with van der Waals surface area (Å²) in [5.41, 5.74) is 2.49. The molecule has 2 aromatic carbocycles. The summed E-state index contributed by atoms with van der Waals surface area (Å²) in [7, 11) is 0. The highest BCUT2D eigenvalue weighted by Gasteiger charge is 2.35. The van der Waals surface area contributed by atoms with Crippen molar-refractivity contribution in [2.45, 2.75) is 26.1 Å². The zero-order valence-electron chi connectivity index (χ0n) is 15.8. The summed E-state index contributed by atoms with van der Waals surface area (Å²) in [6, 6.07) is 15.3. The number of benzene rings is 2. The average Bonchev–Trinajstić information content (AvgIpc) is 3.04. The van der Waals surface area contributed by atoms with Crippen molar-refractivity contribution in [1.82, 2.24) is 0 Å². The van der Waals surface area contributed by atoms with Crippen molar-refractivity contribution in [3.63, 3.8) is 0 Å². The lowest BCUT2D eigenvalue weighted by molar-refractivity contribution is -0.119. The number of nitrogens with zero attached hydrogens (tertiary/aromatic N) is 1. The molecular formula is C21H24N2O3S. The van der Waals surface area contributed by atoms with Crippen molar-refractivity contribution < 1.29 is 14.3 Å². The minimum absolute atomic E-state index is 0.0270. The Hall–Kier alpha value is -2.47. The van der Waals surface area contributed by atoms with Gasteiger partial charge in [0.2, 0.25) is 11.8 Å². The number of para-hydroxylation sites is 2. The van der Waals surface area contributed by atoms with Gasteiger partial charge >= 0.3 is 0 Å². The van der Waals surface area contributed by atoms with E-state index >= 15 is 0 Å². The zero-order valence-corrected chi connectivity index (χ0v) is 16.6. The quantitative estimate of drug-likeness (QED) is 0.799. The molecule has 6 heteroatoms. The molecule has 3 rings (SSSR count). The van der Waals surface area contributed by atoms with E-state index in [1.807, 2.05) is 69.3 Å². The first kappa shape index (κ1) is 19.3. The van der Waals surface area contributed by atoms with Gasteiger partial charge in [-0.25, -0.2) is 0 Å². The highest BCUT2D eigenvalue weighted by atomic mass is 32.2. The Labute approximate surface area is 164 Å². The molecule has 1 aliphatic rings. The lowest BCUT2D eigenvalue weighted by atomic mass is 10.1. The maximum Gasteiger partial charge on any atom is 0.238 e. The zero-order chi connectivity index (χ0) is 19.4. The lowest BCUT2D eigenvalue weighted by Crippen LogP contribution is -2.28. The Morgan fingerprint density at radius 1 is 1.26 bits per heavy atom. The van der Waals surface area contributed by atoms with Crippen molar-refractivity contribution >= 4 is 35.0 Å².